The number of aryl methyl sites for hydroxylation is 1. The fourth-order valence-electron chi connectivity index (χ4n) is 4.22. The normalized spacial score (nSPS) is 14.9. The summed E-state index contributed by atoms with van der Waals surface area (Å²) in [6, 6.07) is 11.4. The van der Waals surface area contributed by atoms with Crippen molar-refractivity contribution in [2.24, 2.45) is 7.05 Å². The average molecular weight is 457 g/mol. The molecule has 1 aliphatic rings. The van der Waals surface area contributed by atoms with Crippen LogP contribution < -0.4 is 10.1 Å². The Hall–Kier alpha value is -3.78. The molecule has 0 atom stereocenters. The Morgan fingerprint density at radius 1 is 1.00 bits per heavy atom. The topological polar surface area (TPSA) is 85.2 Å². The molecule has 34 heavy (non-hydrogen) atoms. The van der Waals surface area contributed by atoms with E-state index in [1.54, 1.807) is 24.5 Å². The summed E-state index contributed by atoms with van der Waals surface area (Å²) in [6.45, 7) is 3.98. The lowest BCUT2D eigenvalue weighted by Crippen LogP contribution is -2.35. The number of carbonyl (C=O) groups excluding carboxylic acids is 1. The zero-order valence-electron chi connectivity index (χ0n) is 19.7. The van der Waals surface area contributed by atoms with Crippen LogP contribution in [0, 0.1) is 6.92 Å². The second kappa shape index (κ2) is 9.23. The third-order valence-corrected chi connectivity index (χ3v) is 6.43. The van der Waals surface area contributed by atoms with Gasteiger partial charge in [-0.2, -0.15) is 0 Å². The van der Waals surface area contributed by atoms with Gasteiger partial charge in [-0.3, -0.25) is 4.79 Å². The highest BCUT2D eigenvalue weighted by atomic mass is 16.5. The number of carbonyl (C=O) groups is 1. The number of benzene rings is 1. The first-order chi connectivity index (χ1) is 16.5. The molecule has 8 heteroatoms. The van der Waals surface area contributed by atoms with E-state index in [-0.39, 0.29) is 12.0 Å². The number of piperidine rings is 1. The minimum atomic E-state index is -0.249. The molecule has 1 N–H and O–H groups in total. The molecule has 1 saturated heterocycles. The number of anilines is 1. The summed E-state index contributed by atoms with van der Waals surface area (Å²) in [4.78, 5) is 28.3. The summed E-state index contributed by atoms with van der Waals surface area (Å²) in [7, 11) is 4.11. The molecule has 1 fully saturated rings. The van der Waals surface area contributed by atoms with Gasteiger partial charge in [0.2, 0.25) is 5.88 Å². The molecule has 4 heterocycles. The molecule has 0 bridgehead atoms. The van der Waals surface area contributed by atoms with Crippen LogP contribution in [-0.4, -0.2) is 56.6 Å². The Morgan fingerprint density at radius 2 is 1.82 bits per heavy atom. The van der Waals surface area contributed by atoms with Crippen LogP contribution in [0.5, 0.6) is 5.88 Å². The lowest BCUT2D eigenvalue weighted by Gasteiger charge is -2.28. The van der Waals surface area contributed by atoms with Gasteiger partial charge in [0.15, 0.2) is 0 Å². The number of pyridine rings is 2. The molecular weight excluding hydrogens is 428 g/mol. The van der Waals surface area contributed by atoms with E-state index in [1.807, 2.05) is 32.3 Å². The second-order valence-electron chi connectivity index (χ2n) is 8.84. The Labute approximate surface area is 198 Å². The standard InChI is InChI=1S/C26H28N6O2/c1-17-28-16-23(32(17)3)18-4-5-20-15-29-24(13-21(20)12-18)30-26(33)19-6-9-27-25(14-19)34-22-7-10-31(2)11-8-22/h4-6,9,12-16,22H,7-8,10-11H2,1-3H3,(H,29,30,33). The number of hydrogen-bond donors (Lipinski definition) is 1. The van der Waals surface area contributed by atoms with Gasteiger partial charge in [0, 0.05) is 55.1 Å². The van der Waals surface area contributed by atoms with Gasteiger partial charge < -0.3 is 19.5 Å². The first kappa shape index (κ1) is 22.0. The van der Waals surface area contributed by atoms with Crippen molar-refractivity contribution >= 4 is 22.5 Å². The van der Waals surface area contributed by atoms with Crippen molar-refractivity contribution in [1.29, 1.82) is 0 Å². The monoisotopic (exact) mass is 456 g/mol. The highest BCUT2D eigenvalue weighted by Gasteiger charge is 2.19. The Morgan fingerprint density at radius 3 is 2.59 bits per heavy atom. The molecular formula is C26H28N6O2. The Balaban J connectivity index is 1.32. The van der Waals surface area contributed by atoms with Crippen LogP contribution in [-0.2, 0) is 7.05 Å². The van der Waals surface area contributed by atoms with Crippen molar-refractivity contribution in [3.05, 3.63) is 66.4 Å². The summed E-state index contributed by atoms with van der Waals surface area (Å²) in [6.07, 6.45) is 7.28. The number of aromatic nitrogens is 4. The molecule has 3 aromatic heterocycles. The molecule has 174 valence electrons. The average Bonchev–Trinajstić information content (AvgIpc) is 3.18. The van der Waals surface area contributed by atoms with E-state index in [4.69, 9.17) is 4.74 Å². The highest BCUT2D eigenvalue weighted by Crippen LogP contribution is 2.26. The van der Waals surface area contributed by atoms with Crippen molar-refractivity contribution in [1.82, 2.24) is 24.4 Å². The van der Waals surface area contributed by atoms with E-state index in [1.165, 1.54) is 0 Å². The van der Waals surface area contributed by atoms with E-state index in [0.717, 1.165) is 53.8 Å². The van der Waals surface area contributed by atoms with Crippen LogP contribution in [0.25, 0.3) is 22.0 Å². The number of hydrogen-bond acceptors (Lipinski definition) is 6. The molecule has 8 nitrogen and oxygen atoms in total. The number of rotatable bonds is 5. The van der Waals surface area contributed by atoms with Gasteiger partial charge >= 0.3 is 0 Å². The van der Waals surface area contributed by atoms with Crippen LogP contribution in [0.3, 0.4) is 0 Å². The van der Waals surface area contributed by atoms with Gasteiger partial charge in [0.05, 0.1) is 11.9 Å². The lowest BCUT2D eigenvalue weighted by molar-refractivity contribution is 0.101. The van der Waals surface area contributed by atoms with Gasteiger partial charge in [-0.15, -0.1) is 0 Å². The summed E-state index contributed by atoms with van der Waals surface area (Å²) in [5.74, 6) is 1.67. The molecule has 4 aromatic rings. The largest absolute Gasteiger partial charge is 0.474 e. The maximum Gasteiger partial charge on any atom is 0.257 e. The number of nitrogens with one attached hydrogen (secondary N) is 1. The van der Waals surface area contributed by atoms with Gasteiger partial charge in [-0.25, -0.2) is 15.0 Å². The van der Waals surface area contributed by atoms with Crippen LogP contribution in [0.1, 0.15) is 29.0 Å². The van der Waals surface area contributed by atoms with E-state index in [9.17, 15) is 4.79 Å². The van der Waals surface area contributed by atoms with Crippen molar-refractivity contribution in [3.63, 3.8) is 0 Å². The molecule has 0 saturated carbocycles. The smallest absolute Gasteiger partial charge is 0.257 e. The first-order valence-electron chi connectivity index (χ1n) is 11.5. The molecule has 5 rings (SSSR count). The maximum absolute atomic E-state index is 12.9. The van der Waals surface area contributed by atoms with Crippen molar-refractivity contribution < 1.29 is 9.53 Å². The van der Waals surface area contributed by atoms with E-state index < -0.39 is 0 Å². The van der Waals surface area contributed by atoms with E-state index >= 15 is 0 Å². The number of amides is 1. The van der Waals surface area contributed by atoms with Crippen LogP contribution >= 0.6 is 0 Å². The summed E-state index contributed by atoms with van der Waals surface area (Å²) in [5.41, 5.74) is 2.58. The van der Waals surface area contributed by atoms with Crippen LogP contribution in [0.4, 0.5) is 5.82 Å². The quantitative estimate of drug-likeness (QED) is 0.487. The number of ether oxygens (including phenoxy) is 1. The third-order valence-electron chi connectivity index (χ3n) is 6.43. The van der Waals surface area contributed by atoms with Crippen LogP contribution in [0.2, 0.25) is 0 Å². The minimum absolute atomic E-state index is 0.126. The fourth-order valence-corrected chi connectivity index (χ4v) is 4.22. The van der Waals surface area contributed by atoms with Crippen molar-refractivity contribution in [2.75, 3.05) is 25.5 Å². The summed E-state index contributed by atoms with van der Waals surface area (Å²) >= 11 is 0. The van der Waals surface area contributed by atoms with Gasteiger partial charge in [0.25, 0.3) is 5.91 Å². The van der Waals surface area contributed by atoms with Gasteiger partial charge in [0.1, 0.15) is 17.7 Å². The molecule has 0 unspecified atom stereocenters. The first-order valence-corrected chi connectivity index (χ1v) is 11.5. The number of nitrogens with zero attached hydrogens (tertiary/aromatic N) is 5. The van der Waals surface area contributed by atoms with Crippen LogP contribution in [0.15, 0.2) is 55.0 Å². The number of likely N-dealkylation sites (tertiary alicyclic amines) is 1. The maximum atomic E-state index is 12.9. The molecule has 1 aliphatic heterocycles. The predicted octanol–water partition coefficient (Wildman–Crippen LogP) is 4.06. The Kier molecular flexibility index (Phi) is 5.98. The highest BCUT2D eigenvalue weighted by molar-refractivity contribution is 6.04. The van der Waals surface area contributed by atoms with Crippen molar-refractivity contribution in [2.45, 2.75) is 25.9 Å². The number of fused-ring (bicyclic) bond motifs is 1. The van der Waals surface area contributed by atoms with Gasteiger partial charge in [-0.1, -0.05) is 12.1 Å². The van der Waals surface area contributed by atoms with E-state index in [0.29, 0.717) is 17.3 Å². The summed E-state index contributed by atoms with van der Waals surface area (Å²) < 4.78 is 8.08. The minimum Gasteiger partial charge on any atom is -0.474 e. The lowest BCUT2D eigenvalue weighted by atomic mass is 10.1. The predicted molar refractivity (Wildman–Crippen MR) is 132 cm³/mol. The molecule has 0 spiro atoms. The molecule has 0 aliphatic carbocycles. The Bertz CT molecular complexity index is 1340. The zero-order valence-corrected chi connectivity index (χ0v) is 19.7. The second-order valence-corrected chi connectivity index (χ2v) is 8.84. The van der Waals surface area contributed by atoms with Crippen molar-refractivity contribution in [3.8, 4) is 17.1 Å². The number of imidazole rings is 1. The fraction of sp³-hybridized carbons (Fsp3) is 0.308. The molecule has 1 aromatic carbocycles. The SMILES string of the molecule is Cc1ncc(-c2ccc3cnc(NC(=O)c4ccnc(OC5CCN(C)CC5)c4)cc3c2)n1C. The summed E-state index contributed by atoms with van der Waals surface area (Å²) in [5, 5.41) is 4.89. The third kappa shape index (κ3) is 4.63. The molecule has 1 amide bonds. The van der Waals surface area contributed by atoms with E-state index in [2.05, 4.69) is 48.9 Å². The van der Waals surface area contributed by atoms with Gasteiger partial charge in [-0.05, 0) is 50.4 Å². The molecule has 0 radical (unpaired) electrons. The zero-order chi connectivity index (χ0) is 23.7.